The second-order valence-corrected chi connectivity index (χ2v) is 4.42. The Bertz CT molecular complexity index is 491. The molecule has 0 unspecified atom stereocenters. The summed E-state index contributed by atoms with van der Waals surface area (Å²) in [5.74, 6) is 1.24. The fourth-order valence-corrected chi connectivity index (χ4v) is 2.11. The zero-order chi connectivity index (χ0) is 12.3. The number of aryl methyl sites for hydroxylation is 1. The molecule has 0 saturated heterocycles. The molecule has 17 heavy (non-hydrogen) atoms. The first-order valence-electron chi connectivity index (χ1n) is 5.31. The van der Waals surface area contributed by atoms with E-state index in [9.17, 15) is 0 Å². The van der Waals surface area contributed by atoms with Crippen LogP contribution in [0.1, 0.15) is 12.3 Å². The number of oxazole rings is 1. The fraction of sp³-hybridized carbons (Fsp3) is 0.250. The van der Waals surface area contributed by atoms with Crippen LogP contribution in [0.4, 0.5) is 0 Å². The number of benzene rings is 1. The number of hydrogen-bond donors (Lipinski definition) is 1. The van der Waals surface area contributed by atoms with Crippen LogP contribution in [-0.4, -0.2) is 11.5 Å². The molecule has 0 amide bonds. The van der Waals surface area contributed by atoms with Crippen molar-refractivity contribution in [2.45, 2.75) is 12.8 Å². The smallest absolute Gasteiger partial charge is 0.194 e. The van der Waals surface area contributed by atoms with E-state index in [0.717, 1.165) is 12.8 Å². The lowest BCUT2D eigenvalue weighted by molar-refractivity contribution is 0.499. The summed E-state index contributed by atoms with van der Waals surface area (Å²) in [4.78, 5) is 4.17. The van der Waals surface area contributed by atoms with Gasteiger partial charge in [0, 0.05) is 6.42 Å². The summed E-state index contributed by atoms with van der Waals surface area (Å²) in [5, 5.41) is 1.11. The lowest BCUT2D eigenvalue weighted by Gasteiger charge is -2.02. The molecule has 0 saturated carbocycles. The van der Waals surface area contributed by atoms with Crippen molar-refractivity contribution in [1.82, 2.24) is 4.98 Å². The number of nitrogens with zero attached hydrogens (tertiary/aromatic N) is 1. The van der Waals surface area contributed by atoms with Crippen LogP contribution < -0.4 is 5.73 Å². The molecule has 0 atom stereocenters. The predicted molar refractivity (Wildman–Crippen MR) is 69.3 cm³/mol. The van der Waals surface area contributed by atoms with Gasteiger partial charge in [-0.25, -0.2) is 4.98 Å². The largest absolute Gasteiger partial charge is 0.441 e. The minimum Gasteiger partial charge on any atom is -0.441 e. The molecule has 3 nitrogen and oxygen atoms in total. The van der Waals surface area contributed by atoms with Crippen LogP contribution in [-0.2, 0) is 6.42 Å². The normalized spacial score (nSPS) is 10.8. The molecule has 90 valence electrons. The van der Waals surface area contributed by atoms with E-state index in [1.807, 2.05) is 0 Å². The molecule has 0 bridgehead atoms. The van der Waals surface area contributed by atoms with Crippen LogP contribution in [0.25, 0.3) is 11.3 Å². The number of aromatic nitrogens is 1. The lowest BCUT2D eigenvalue weighted by atomic mass is 10.2. The molecule has 2 N–H and O–H groups in total. The van der Waals surface area contributed by atoms with E-state index in [1.54, 1.807) is 24.4 Å². The Kier molecular flexibility index (Phi) is 4.05. The average Bonchev–Trinajstić information content (AvgIpc) is 2.75. The van der Waals surface area contributed by atoms with Gasteiger partial charge in [0.1, 0.15) is 0 Å². The molecule has 0 aliphatic heterocycles. The Labute approximate surface area is 110 Å². The molecule has 2 rings (SSSR count). The van der Waals surface area contributed by atoms with E-state index in [1.165, 1.54) is 0 Å². The van der Waals surface area contributed by atoms with Gasteiger partial charge < -0.3 is 10.2 Å². The Balaban J connectivity index is 2.30. The van der Waals surface area contributed by atoms with Crippen LogP contribution >= 0.6 is 23.2 Å². The Morgan fingerprint density at radius 3 is 2.59 bits per heavy atom. The molecule has 2 aromatic rings. The van der Waals surface area contributed by atoms with E-state index in [2.05, 4.69) is 4.98 Å². The molecule has 0 fully saturated rings. The topological polar surface area (TPSA) is 52.0 Å². The molecule has 0 radical (unpaired) electrons. The maximum absolute atomic E-state index is 6.09. The summed E-state index contributed by atoms with van der Waals surface area (Å²) in [6.45, 7) is 0.616. The minimum atomic E-state index is 0.555. The van der Waals surface area contributed by atoms with Crippen molar-refractivity contribution in [2.75, 3.05) is 6.54 Å². The SMILES string of the molecule is NCCCc1ncc(-c2c(Cl)cccc2Cl)o1. The second kappa shape index (κ2) is 5.54. The summed E-state index contributed by atoms with van der Waals surface area (Å²) in [6, 6.07) is 5.33. The molecule has 1 heterocycles. The van der Waals surface area contributed by atoms with E-state index in [-0.39, 0.29) is 0 Å². The molecule has 0 aliphatic carbocycles. The van der Waals surface area contributed by atoms with E-state index >= 15 is 0 Å². The number of halogens is 2. The van der Waals surface area contributed by atoms with Gasteiger partial charge in [0.2, 0.25) is 0 Å². The summed E-state index contributed by atoms with van der Waals surface area (Å²) in [7, 11) is 0. The van der Waals surface area contributed by atoms with Gasteiger partial charge in [0.05, 0.1) is 21.8 Å². The summed E-state index contributed by atoms with van der Waals surface area (Å²) in [5.41, 5.74) is 6.11. The van der Waals surface area contributed by atoms with E-state index < -0.39 is 0 Å². The molecule has 1 aromatic carbocycles. The summed E-state index contributed by atoms with van der Waals surface area (Å²) < 4.78 is 5.60. The Morgan fingerprint density at radius 2 is 1.94 bits per heavy atom. The van der Waals surface area contributed by atoms with Crippen molar-refractivity contribution in [2.24, 2.45) is 5.73 Å². The minimum absolute atomic E-state index is 0.555. The third-order valence-corrected chi connectivity index (χ3v) is 2.99. The van der Waals surface area contributed by atoms with Crippen LogP contribution in [0.2, 0.25) is 10.0 Å². The zero-order valence-corrected chi connectivity index (χ0v) is 10.6. The maximum atomic E-state index is 6.09. The zero-order valence-electron chi connectivity index (χ0n) is 9.12. The average molecular weight is 271 g/mol. The van der Waals surface area contributed by atoms with Gasteiger partial charge in [-0.15, -0.1) is 0 Å². The van der Waals surface area contributed by atoms with Gasteiger partial charge in [-0.1, -0.05) is 29.3 Å². The van der Waals surface area contributed by atoms with Crippen molar-refractivity contribution in [1.29, 1.82) is 0 Å². The number of hydrogen-bond acceptors (Lipinski definition) is 3. The highest BCUT2D eigenvalue weighted by Gasteiger charge is 2.13. The van der Waals surface area contributed by atoms with Gasteiger partial charge in [0.25, 0.3) is 0 Å². The van der Waals surface area contributed by atoms with Crippen molar-refractivity contribution < 1.29 is 4.42 Å². The molecular formula is C12H12Cl2N2O. The van der Waals surface area contributed by atoms with Crippen molar-refractivity contribution in [3.05, 3.63) is 40.3 Å². The highest BCUT2D eigenvalue weighted by Crippen LogP contribution is 2.34. The van der Waals surface area contributed by atoms with Crippen LogP contribution in [0, 0.1) is 0 Å². The predicted octanol–water partition coefficient (Wildman–Crippen LogP) is 3.54. The summed E-state index contributed by atoms with van der Waals surface area (Å²) >= 11 is 12.2. The molecule has 1 aromatic heterocycles. The molecular weight excluding hydrogens is 259 g/mol. The highest BCUT2D eigenvalue weighted by atomic mass is 35.5. The number of rotatable bonds is 4. The van der Waals surface area contributed by atoms with Crippen LogP contribution in [0.15, 0.2) is 28.8 Å². The maximum Gasteiger partial charge on any atom is 0.194 e. The molecule has 0 spiro atoms. The first-order valence-corrected chi connectivity index (χ1v) is 6.07. The molecule has 5 heteroatoms. The van der Waals surface area contributed by atoms with Crippen molar-refractivity contribution in [3.63, 3.8) is 0 Å². The van der Waals surface area contributed by atoms with Crippen LogP contribution in [0.3, 0.4) is 0 Å². The first kappa shape index (κ1) is 12.4. The third kappa shape index (κ3) is 2.80. The quantitative estimate of drug-likeness (QED) is 0.925. The summed E-state index contributed by atoms with van der Waals surface area (Å²) in [6.07, 6.45) is 3.20. The first-order chi connectivity index (χ1) is 8.22. The fourth-order valence-electron chi connectivity index (χ4n) is 1.53. The lowest BCUT2D eigenvalue weighted by Crippen LogP contribution is -2.00. The monoisotopic (exact) mass is 270 g/mol. The standard InChI is InChI=1S/C12H12Cl2N2O/c13-8-3-1-4-9(14)12(8)10-7-16-11(17-10)5-2-6-15/h1,3-4,7H,2,5-6,15H2. The number of nitrogens with two attached hydrogens (primary N) is 1. The van der Waals surface area contributed by atoms with Gasteiger partial charge in [-0.3, -0.25) is 0 Å². The van der Waals surface area contributed by atoms with E-state index in [0.29, 0.717) is 33.8 Å². The van der Waals surface area contributed by atoms with E-state index in [4.69, 9.17) is 33.4 Å². The van der Waals surface area contributed by atoms with Gasteiger partial charge in [0.15, 0.2) is 11.7 Å². The van der Waals surface area contributed by atoms with Crippen molar-refractivity contribution >= 4 is 23.2 Å². The Hall–Kier alpha value is -1.03. The highest BCUT2D eigenvalue weighted by molar-refractivity contribution is 6.39. The van der Waals surface area contributed by atoms with Gasteiger partial charge >= 0.3 is 0 Å². The third-order valence-electron chi connectivity index (χ3n) is 2.36. The van der Waals surface area contributed by atoms with Crippen molar-refractivity contribution in [3.8, 4) is 11.3 Å². The molecule has 0 aliphatic rings. The van der Waals surface area contributed by atoms with Crippen LogP contribution in [0.5, 0.6) is 0 Å². The Morgan fingerprint density at radius 1 is 1.24 bits per heavy atom. The van der Waals surface area contributed by atoms with Gasteiger partial charge in [-0.05, 0) is 25.1 Å². The second-order valence-electron chi connectivity index (χ2n) is 3.61. The van der Waals surface area contributed by atoms with Gasteiger partial charge in [-0.2, -0.15) is 0 Å².